The smallest absolute Gasteiger partial charge is 0.327 e. The number of carbonyl (C=O) groups excluding carboxylic acids is 1. The van der Waals surface area contributed by atoms with E-state index in [0.717, 1.165) is 30.0 Å². The number of halogens is 1. The molecule has 2 aliphatic rings. The molecule has 0 saturated heterocycles. The highest BCUT2D eigenvalue weighted by Gasteiger charge is 2.40. The number of fused-ring (bicyclic) bond motifs is 2. The van der Waals surface area contributed by atoms with Crippen LogP contribution < -0.4 is 15.1 Å². The van der Waals surface area contributed by atoms with Crippen molar-refractivity contribution in [1.82, 2.24) is 14.4 Å². The molecule has 1 N–H and O–H groups in total. The molecule has 7 nitrogen and oxygen atoms in total. The molecule has 1 aliphatic heterocycles. The van der Waals surface area contributed by atoms with Crippen molar-refractivity contribution in [2.75, 3.05) is 34.8 Å². The molecule has 0 radical (unpaired) electrons. The number of aryl methyl sites for hydroxylation is 1. The summed E-state index contributed by atoms with van der Waals surface area (Å²) in [5, 5.41) is 2.83. The number of pyridine rings is 2. The molecule has 0 unspecified atom stereocenters. The molecule has 34 heavy (non-hydrogen) atoms. The molecule has 8 heteroatoms. The quantitative estimate of drug-likeness (QED) is 0.521. The third-order valence-electron chi connectivity index (χ3n) is 6.81. The van der Waals surface area contributed by atoms with E-state index in [1.165, 1.54) is 18.9 Å². The minimum atomic E-state index is -0.475. The van der Waals surface area contributed by atoms with Gasteiger partial charge < -0.3 is 14.6 Å². The molecule has 0 aromatic carbocycles. The van der Waals surface area contributed by atoms with Crippen molar-refractivity contribution in [3.63, 3.8) is 0 Å². The van der Waals surface area contributed by atoms with Crippen molar-refractivity contribution >= 4 is 28.9 Å². The number of anilines is 3. The summed E-state index contributed by atoms with van der Waals surface area (Å²) in [6, 6.07) is 3.00. The topological polar surface area (TPSA) is 65.8 Å². The predicted octanol–water partition coefficient (Wildman–Crippen LogP) is 4.66. The lowest BCUT2D eigenvalue weighted by Crippen LogP contribution is -2.34. The fraction of sp³-hybridized carbons (Fsp3) is 0.423. The fourth-order valence-corrected chi connectivity index (χ4v) is 4.62. The maximum absolute atomic E-state index is 14.6. The average molecular weight is 461 g/mol. The molecule has 0 bridgehead atoms. The van der Waals surface area contributed by atoms with E-state index in [-0.39, 0.29) is 11.7 Å². The van der Waals surface area contributed by atoms with Crippen LogP contribution in [0.25, 0.3) is 5.65 Å². The largest absolute Gasteiger partial charge is 0.370 e. The summed E-state index contributed by atoms with van der Waals surface area (Å²) < 4.78 is 16.2. The average Bonchev–Trinajstić information content (AvgIpc) is 3.22. The number of carbonyl (C=O) groups is 1. The minimum Gasteiger partial charge on any atom is -0.370 e. The normalized spacial score (nSPS) is 15.8. The van der Waals surface area contributed by atoms with Crippen LogP contribution in [-0.4, -0.2) is 40.0 Å². The fourth-order valence-electron chi connectivity index (χ4n) is 4.62. The first kappa shape index (κ1) is 22.2. The maximum atomic E-state index is 14.6. The molecule has 0 spiro atoms. The van der Waals surface area contributed by atoms with Crippen molar-refractivity contribution in [3.05, 3.63) is 47.8 Å². The van der Waals surface area contributed by atoms with Crippen LogP contribution in [0.15, 0.2) is 30.7 Å². The maximum Gasteiger partial charge on any atom is 0.327 e. The highest BCUT2D eigenvalue weighted by Crippen LogP contribution is 2.47. The van der Waals surface area contributed by atoms with Gasteiger partial charge in [-0.05, 0) is 37.2 Å². The number of aromatic nitrogens is 3. The van der Waals surface area contributed by atoms with Gasteiger partial charge in [-0.15, -0.1) is 12.3 Å². The lowest BCUT2D eigenvalue weighted by Gasteiger charge is -2.29. The van der Waals surface area contributed by atoms with Crippen LogP contribution in [-0.2, 0) is 12.8 Å². The second-order valence-electron chi connectivity index (χ2n) is 9.54. The summed E-state index contributed by atoms with van der Waals surface area (Å²) in [4.78, 5) is 25.9. The van der Waals surface area contributed by atoms with Gasteiger partial charge in [0.2, 0.25) is 0 Å². The van der Waals surface area contributed by atoms with E-state index >= 15 is 0 Å². The van der Waals surface area contributed by atoms with Gasteiger partial charge in [0, 0.05) is 62.0 Å². The summed E-state index contributed by atoms with van der Waals surface area (Å²) in [7, 11) is 0. The van der Waals surface area contributed by atoms with Crippen LogP contribution in [0.4, 0.5) is 26.4 Å². The Balaban J connectivity index is 1.39. The second-order valence-corrected chi connectivity index (χ2v) is 9.54. The number of terminal acetylenes is 1. The number of nitrogens with one attached hydrogen (secondary N) is 1. The van der Waals surface area contributed by atoms with E-state index in [9.17, 15) is 9.18 Å². The van der Waals surface area contributed by atoms with Gasteiger partial charge >= 0.3 is 6.03 Å². The number of urea groups is 1. The molecule has 1 aliphatic carbocycles. The Morgan fingerprint density at radius 2 is 2.21 bits per heavy atom. The zero-order valence-corrected chi connectivity index (χ0v) is 19.6. The number of rotatable bonds is 7. The SMILES string of the molecule is C#CCCN(CC1(C)CC1)c1ccnc2c1CCN2C(=O)Nc1cc(F)c2nc(CC)cn2c1. The molecule has 2 amide bonds. The Hall–Kier alpha value is -3.60. The monoisotopic (exact) mass is 460 g/mol. The first-order chi connectivity index (χ1) is 16.4. The third kappa shape index (κ3) is 4.18. The van der Waals surface area contributed by atoms with Gasteiger partial charge in [-0.3, -0.25) is 4.90 Å². The van der Waals surface area contributed by atoms with Crippen LogP contribution in [0.1, 0.15) is 44.4 Å². The molecular formula is C26H29FN6O. The Morgan fingerprint density at radius 1 is 1.38 bits per heavy atom. The Bertz CT molecular complexity index is 1290. The van der Waals surface area contributed by atoms with Crippen LogP contribution >= 0.6 is 0 Å². The molecule has 3 aromatic rings. The van der Waals surface area contributed by atoms with Gasteiger partial charge in [-0.2, -0.15) is 0 Å². The highest BCUT2D eigenvalue weighted by molar-refractivity contribution is 6.03. The number of imidazole rings is 1. The molecular weight excluding hydrogens is 431 g/mol. The van der Waals surface area contributed by atoms with Gasteiger partial charge in [-0.1, -0.05) is 13.8 Å². The van der Waals surface area contributed by atoms with Crippen molar-refractivity contribution < 1.29 is 9.18 Å². The summed E-state index contributed by atoms with van der Waals surface area (Å²) in [6.45, 7) is 6.50. The minimum absolute atomic E-state index is 0.254. The van der Waals surface area contributed by atoms with Gasteiger partial charge in [-0.25, -0.2) is 19.2 Å². The van der Waals surface area contributed by atoms with Crippen LogP contribution in [0.5, 0.6) is 0 Å². The molecule has 1 saturated carbocycles. The molecule has 1 fully saturated rings. The number of nitrogens with zero attached hydrogens (tertiary/aromatic N) is 5. The summed E-state index contributed by atoms with van der Waals surface area (Å²) in [5.74, 6) is 2.93. The molecule has 4 heterocycles. The van der Waals surface area contributed by atoms with Crippen molar-refractivity contribution in [2.45, 2.75) is 46.0 Å². The highest BCUT2D eigenvalue weighted by atomic mass is 19.1. The van der Waals surface area contributed by atoms with Crippen LogP contribution in [0.3, 0.4) is 0 Å². The van der Waals surface area contributed by atoms with Crippen molar-refractivity contribution in [3.8, 4) is 12.3 Å². The molecule has 3 aromatic heterocycles. The van der Waals surface area contributed by atoms with Crippen molar-refractivity contribution in [2.24, 2.45) is 5.41 Å². The van der Waals surface area contributed by atoms with Gasteiger partial charge in [0.15, 0.2) is 11.5 Å². The zero-order chi connectivity index (χ0) is 23.9. The molecule has 0 atom stereocenters. The summed E-state index contributed by atoms with van der Waals surface area (Å²) in [6.07, 6.45) is 15.3. The predicted molar refractivity (Wildman–Crippen MR) is 132 cm³/mol. The lowest BCUT2D eigenvalue weighted by atomic mass is 10.1. The Morgan fingerprint density at radius 3 is 2.94 bits per heavy atom. The summed E-state index contributed by atoms with van der Waals surface area (Å²) in [5.41, 5.74) is 3.90. The first-order valence-corrected chi connectivity index (χ1v) is 11.8. The van der Waals surface area contributed by atoms with E-state index in [1.54, 1.807) is 27.9 Å². The van der Waals surface area contributed by atoms with Crippen LogP contribution in [0, 0.1) is 23.6 Å². The standard InChI is InChI=1S/C26H29FN6O/c1-4-6-12-31(17-26(3)9-10-26)22-7-11-28-23-20(22)8-13-33(23)25(34)30-19-14-21(27)24-29-18(5-2)15-32(24)16-19/h1,7,11,14-16H,5-6,8-10,12-13,17H2,2-3H3,(H,30,34). The summed E-state index contributed by atoms with van der Waals surface area (Å²) >= 11 is 0. The third-order valence-corrected chi connectivity index (χ3v) is 6.81. The van der Waals surface area contributed by atoms with E-state index in [0.29, 0.717) is 42.7 Å². The van der Waals surface area contributed by atoms with Crippen LogP contribution in [0.2, 0.25) is 0 Å². The van der Waals surface area contributed by atoms with E-state index in [1.807, 2.05) is 13.0 Å². The van der Waals surface area contributed by atoms with Gasteiger partial charge in [0.1, 0.15) is 5.82 Å². The number of hydrogen-bond donors (Lipinski definition) is 1. The van der Waals surface area contributed by atoms with Gasteiger partial charge in [0.25, 0.3) is 0 Å². The zero-order valence-electron chi connectivity index (χ0n) is 19.6. The molecule has 176 valence electrons. The first-order valence-electron chi connectivity index (χ1n) is 11.8. The van der Waals surface area contributed by atoms with Crippen molar-refractivity contribution in [1.29, 1.82) is 0 Å². The Labute approximate surface area is 199 Å². The molecule has 5 rings (SSSR count). The number of hydrogen-bond acceptors (Lipinski definition) is 4. The second kappa shape index (κ2) is 8.64. The lowest BCUT2D eigenvalue weighted by molar-refractivity contribution is 0.257. The van der Waals surface area contributed by atoms with E-state index in [4.69, 9.17) is 6.42 Å². The van der Waals surface area contributed by atoms with E-state index < -0.39 is 5.82 Å². The number of amides is 2. The van der Waals surface area contributed by atoms with Gasteiger partial charge in [0.05, 0.1) is 11.4 Å². The Kier molecular flexibility index (Phi) is 5.64. The van der Waals surface area contributed by atoms with E-state index in [2.05, 4.69) is 33.0 Å².